The Balaban J connectivity index is 1.05. The summed E-state index contributed by atoms with van der Waals surface area (Å²) in [5, 5.41) is 11.8. The molecule has 0 saturated heterocycles. The van der Waals surface area contributed by atoms with Crippen molar-refractivity contribution >= 4 is 46.4 Å². The maximum atomic E-state index is 12.4. The van der Waals surface area contributed by atoms with Gasteiger partial charge in [0.1, 0.15) is 0 Å². The summed E-state index contributed by atoms with van der Waals surface area (Å²) < 4.78 is 0. The van der Waals surface area contributed by atoms with E-state index in [1.165, 1.54) is 0 Å². The number of carbonyl (C=O) groups is 4. The van der Waals surface area contributed by atoms with E-state index >= 15 is 0 Å². The van der Waals surface area contributed by atoms with Gasteiger partial charge in [-0.05, 0) is 87.8 Å². The van der Waals surface area contributed by atoms with Gasteiger partial charge in [-0.25, -0.2) is 0 Å². The highest BCUT2D eigenvalue weighted by Gasteiger charge is 2.30. The van der Waals surface area contributed by atoms with Crippen molar-refractivity contribution in [1.29, 1.82) is 0 Å². The molecule has 0 heterocycles. The number of benzene rings is 2. The van der Waals surface area contributed by atoms with Crippen LogP contribution in [0.3, 0.4) is 0 Å². The summed E-state index contributed by atoms with van der Waals surface area (Å²) >= 11 is 0. The van der Waals surface area contributed by atoms with Gasteiger partial charge in [0.25, 0.3) is 0 Å². The zero-order valence-corrected chi connectivity index (χ0v) is 23.7. The summed E-state index contributed by atoms with van der Waals surface area (Å²) in [6, 6.07) is 11.2. The molecule has 0 atom stereocenters. The number of anilines is 4. The highest BCUT2D eigenvalue weighted by Crippen LogP contribution is 2.32. The third kappa shape index (κ3) is 9.50. The summed E-state index contributed by atoms with van der Waals surface area (Å²) in [6.07, 6.45) is 10.3. The Morgan fingerprint density at radius 3 is 1.32 bits per heavy atom. The summed E-state index contributed by atoms with van der Waals surface area (Å²) in [4.78, 5) is 48.9. The Morgan fingerprint density at radius 2 is 0.950 bits per heavy atom. The Kier molecular flexibility index (Phi) is 10.3. The fraction of sp³-hybridized carbons (Fsp3) is 0.500. The van der Waals surface area contributed by atoms with Gasteiger partial charge in [0.05, 0.1) is 0 Å². The van der Waals surface area contributed by atoms with Gasteiger partial charge in [-0.15, -0.1) is 0 Å². The molecule has 2 saturated carbocycles. The summed E-state index contributed by atoms with van der Waals surface area (Å²) in [5.74, 6) is 0.341. The Bertz CT molecular complexity index is 1140. The molecular weight excluding hydrogens is 504 g/mol. The molecule has 4 amide bonds. The van der Waals surface area contributed by atoms with Crippen LogP contribution in [0.2, 0.25) is 0 Å². The molecule has 40 heavy (non-hydrogen) atoms. The van der Waals surface area contributed by atoms with Crippen molar-refractivity contribution in [2.24, 2.45) is 11.8 Å². The first-order chi connectivity index (χ1) is 19.3. The maximum absolute atomic E-state index is 12.4. The van der Waals surface area contributed by atoms with E-state index in [2.05, 4.69) is 21.3 Å². The van der Waals surface area contributed by atoms with Crippen LogP contribution in [0.15, 0.2) is 36.4 Å². The molecule has 0 aliphatic heterocycles. The van der Waals surface area contributed by atoms with Crippen molar-refractivity contribution in [2.45, 2.75) is 90.9 Å². The van der Waals surface area contributed by atoms with Crippen molar-refractivity contribution in [3.05, 3.63) is 47.5 Å². The molecule has 8 heteroatoms. The van der Waals surface area contributed by atoms with Gasteiger partial charge in [-0.3, -0.25) is 19.2 Å². The number of carbonyl (C=O) groups excluding carboxylic acids is 4. The van der Waals surface area contributed by atoms with Crippen molar-refractivity contribution in [1.82, 2.24) is 0 Å². The fourth-order valence-electron chi connectivity index (χ4n) is 4.55. The number of hydrogen-bond donors (Lipinski definition) is 4. The van der Waals surface area contributed by atoms with Crippen LogP contribution in [0.5, 0.6) is 0 Å². The van der Waals surface area contributed by atoms with E-state index in [1.807, 2.05) is 50.2 Å². The van der Waals surface area contributed by atoms with Gasteiger partial charge < -0.3 is 21.3 Å². The zero-order chi connectivity index (χ0) is 28.5. The van der Waals surface area contributed by atoms with Crippen LogP contribution in [-0.4, -0.2) is 23.6 Å². The van der Waals surface area contributed by atoms with Gasteiger partial charge in [-0.2, -0.15) is 0 Å². The minimum atomic E-state index is -0.0219. The SMILES string of the molecule is Cc1ccc(NC(=O)CCCCCCCCC(=O)Nc2ccc(C)c(NC(=O)C3CC3)c2)cc1NC(=O)C1CC1. The number of hydrogen-bond acceptors (Lipinski definition) is 4. The summed E-state index contributed by atoms with van der Waals surface area (Å²) in [7, 11) is 0. The van der Waals surface area contributed by atoms with Gasteiger partial charge in [0.15, 0.2) is 0 Å². The molecule has 2 fully saturated rings. The van der Waals surface area contributed by atoms with Crippen LogP contribution in [-0.2, 0) is 19.2 Å². The second-order valence-electron chi connectivity index (χ2n) is 11.3. The Labute approximate surface area is 237 Å². The third-order valence-electron chi connectivity index (χ3n) is 7.51. The fourth-order valence-corrected chi connectivity index (χ4v) is 4.55. The van der Waals surface area contributed by atoms with Crippen LogP contribution < -0.4 is 21.3 Å². The number of rotatable bonds is 15. The number of unbranched alkanes of at least 4 members (excludes halogenated alkanes) is 5. The molecule has 0 spiro atoms. The van der Waals surface area contributed by atoms with Gasteiger partial charge >= 0.3 is 0 Å². The molecule has 2 aliphatic carbocycles. The highest BCUT2D eigenvalue weighted by molar-refractivity contribution is 5.97. The van der Waals surface area contributed by atoms with E-state index in [-0.39, 0.29) is 35.5 Å². The van der Waals surface area contributed by atoms with E-state index in [0.29, 0.717) is 24.2 Å². The summed E-state index contributed by atoms with van der Waals surface area (Å²) in [5.41, 5.74) is 4.86. The van der Waals surface area contributed by atoms with E-state index in [0.717, 1.165) is 86.7 Å². The van der Waals surface area contributed by atoms with Crippen LogP contribution in [0.25, 0.3) is 0 Å². The van der Waals surface area contributed by atoms with Crippen molar-refractivity contribution in [3.8, 4) is 0 Å². The highest BCUT2D eigenvalue weighted by atomic mass is 16.2. The molecule has 2 aromatic rings. The monoisotopic (exact) mass is 546 g/mol. The topological polar surface area (TPSA) is 116 Å². The van der Waals surface area contributed by atoms with Crippen molar-refractivity contribution < 1.29 is 19.2 Å². The Hall–Kier alpha value is -3.68. The lowest BCUT2D eigenvalue weighted by molar-refractivity contribution is -0.118. The predicted octanol–water partition coefficient (Wildman–Crippen LogP) is 6.70. The minimum absolute atomic E-state index is 0.0219. The smallest absolute Gasteiger partial charge is 0.227 e. The standard InChI is InChI=1S/C32H42N4O4/c1-21-11-17-25(19-27(21)35-31(39)23-13-14-23)33-29(37)9-7-5-3-4-6-8-10-30(38)34-26-18-12-22(2)28(20-26)36-32(40)24-15-16-24/h11-12,17-20,23-24H,3-10,13-16H2,1-2H3,(H,33,37)(H,34,38)(H,35,39)(H,36,40). The third-order valence-corrected chi connectivity index (χ3v) is 7.51. The minimum Gasteiger partial charge on any atom is -0.326 e. The molecule has 0 bridgehead atoms. The van der Waals surface area contributed by atoms with Gasteiger partial charge in [0.2, 0.25) is 23.6 Å². The van der Waals surface area contributed by atoms with Crippen LogP contribution >= 0.6 is 0 Å². The van der Waals surface area contributed by atoms with Crippen molar-refractivity contribution in [3.63, 3.8) is 0 Å². The van der Waals surface area contributed by atoms with E-state index < -0.39 is 0 Å². The first kappa shape index (κ1) is 29.3. The quantitative estimate of drug-likeness (QED) is 0.186. The van der Waals surface area contributed by atoms with Crippen LogP contribution in [0.4, 0.5) is 22.7 Å². The number of nitrogens with one attached hydrogen (secondary N) is 4. The average molecular weight is 547 g/mol. The molecular formula is C32H42N4O4. The molecule has 0 radical (unpaired) electrons. The summed E-state index contributed by atoms with van der Waals surface area (Å²) in [6.45, 7) is 3.89. The van der Waals surface area contributed by atoms with Gasteiger partial charge in [-0.1, -0.05) is 37.8 Å². The first-order valence-corrected chi connectivity index (χ1v) is 14.7. The molecule has 2 aromatic carbocycles. The molecule has 0 aromatic heterocycles. The zero-order valence-electron chi connectivity index (χ0n) is 23.7. The molecule has 4 N–H and O–H groups in total. The number of aryl methyl sites for hydroxylation is 2. The van der Waals surface area contributed by atoms with Gasteiger partial charge in [0, 0.05) is 47.4 Å². The predicted molar refractivity (Wildman–Crippen MR) is 159 cm³/mol. The van der Waals surface area contributed by atoms with Crippen LogP contribution in [0.1, 0.15) is 88.2 Å². The molecule has 2 aliphatic rings. The molecule has 8 nitrogen and oxygen atoms in total. The van der Waals surface area contributed by atoms with E-state index in [9.17, 15) is 19.2 Å². The normalized spacial score (nSPS) is 14.3. The molecule has 4 rings (SSSR count). The van der Waals surface area contributed by atoms with Crippen LogP contribution in [0, 0.1) is 25.7 Å². The lowest BCUT2D eigenvalue weighted by Crippen LogP contribution is -2.15. The number of amides is 4. The largest absolute Gasteiger partial charge is 0.326 e. The lowest BCUT2D eigenvalue weighted by Gasteiger charge is -2.12. The molecule has 0 unspecified atom stereocenters. The molecule has 214 valence electrons. The lowest BCUT2D eigenvalue weighted by atomic mass is 10.1. The first-order valence-electron chi connectivity index (χ1n) is 14.7. The second-order valence-corrected chi connectivity index (χ2v) is 11.3. The second kappa shape index (κ2) is 14.1. The van der Waals surface area contributed by atoms with Crippen molar-refractivity contribution in [2.75, 3.05) is 21.3 Å². The maximum Gasteiger partial charge on any atom is 0.227 e. The van der Waals surface area contributed by atoms with E-state index in [4.69, 9.17) is 0 Å². The van der Waals surface area contributed by atoms with E-state index in [1.54, 1.807) is 0 Å². The average Bonchev–Trinajstić information content (AvgIpc) is 3.82. The Morgan fingerprint density at radius 1 is 0.575 bits per heavy atom.